The zero-order chi connectivity index (χ0) is 14.9. The summed E-state index contributed by atoms with van der Waals surface area (Å²) in [4.78, 5) is 15.8. The number of aryl methyl sites for hydroxylation is 1. The van der Waals surface area contributed by atoms with E-state index in [1.165, 1.54) is 24.3 Å². The molecular weight excluding hydrogens is 269 g/mol. The number of carbonyl (C=O) groups excluding carboxylic acids is 1. The molecule has 112 valence electrons. The van der Waals surface area contributed by atoms with Gasteiger partial charge < -0.3 is 9.88 Å². The lowest BCUT2D eigenvalue weighted by molar-refractivity contribution is 0.0953. The second-order valence-electron chi connectivity index (χ2n) is 4.98. The van der Waals surface area contributed by atoms with Crippen molar-refractivity contribution in [3.63, 3.8) is 0 Å². The monoisotopic (exact) mass is 289 g/mol. The van der Waals surface area contributed by atoms with Crippen molar-refractivity contribution in [3.8, 4) is 0 Å². The van der Waals surface area contributed by atoms with Crippen LogP contribution in [0.4, 0.5) is 4.39 Å². The molecule has 21 heavy (non-hydrogen) atoms. The van der Waals surface area contributed by atoms with E-state index in [2.05, 4.69) is 14.9 Å². The molecule has 1 heterocycles. The third-order valence-corrected chi connectivity index (χ3v) is 3.29. The van der Waals surface area contributed by atoms with Crippen LogP contribution >= 0.6 is 0 Å². The minimum Gasteiger partial charge on any atom is -0.352 e. The number of rotatable bonds is 8. The van der Waals surface area contributed by atoms with E-state index in [0.29, 0.717) is 12.1 Å². The summed E-state index contributed by atoms with van der Waals surface area (Å²) in [6.45, 7) is 1.64. The summed E-state index contributed by atoms with van der Waals surface area (Å²) < 4.78 is 14.8. The fraction of sp³-hybridized carbons (Fsp3) is 0.375. The van der Waals surface area contributed by atoms with Crippen LogP contribution in [0.5, 0.6) is 0 Å². The Morgan fingerprint density at radius 1 is 1.14 bits per heavy atom. The Morgan fingerprint density at radius 3 is 2.62 bits per heavy atom. The Labute approximate surface area is 124 Å². The van der Waals surface area contributed by atoms with Crippen molar-refractivity contribution >= 4 is 5.91 Å². The first-order chi connectivity index (χ1) is 10.3. The average molecular weight is 289 g/mol. The van der Waals surface area contributed by atoms with E-state index < -0.39 is 0 Å². The summed E-state index contributed by atoms with van der Waals surface area (Å²) in [5, 5.41) is 2.85. The lowest BCUT2D eigenvalue weighted by Crippen LogP contribution is -2.24. The quantitative estimate of drug-likeness (QED) is 0.759. The molecule has 0 unspecified atom stereocenters. The van der Waals surface area contributed by atoms with Crippen molar-refractivity contribution in [2.45, 2.75) is 32.2 Å². The van der Waals surface area contributed by atoms with Gasteiger partial charge >= 0.3 is 0 Å². The molecule has 1 aromatic carbocycles. The normalized spacial score (nSPS) is 10.5. The summed E-state index contributed by atoms with van der Waals surface area (Å²) in [5.74, 6) is -0.474. The minimum atomic E-state index is -0.329. The van der Waals surface area contributed by atoms with Crippen LogP contribution in [0.3, 0.4) is 0 Å². The first-order valence-corrected chi connectivity index (χ1v) is 7.25. The third-order valence-electron chi connectivity index (χ3n) is 3.29. The SMILES string of the molecule is O=C(NCCCCCCn1ccnc1)c1ccc(F)cc1. The van der Waals surface area contributed by atoms with Crippen molar-refractivity contribution < 1.29 is 9.18 Å². The van der Waals surface area contributed by atoms with E-state index >= 15 is 0 Å². The molecular formula is C16H20FN3O. The molecule has 0 saturated carbocycles. The molecule has 0 spiro atoms. The Hall–Kier alpha value is -2.17. The first-order valence-electron chi connectivity index (χ1n) is 7.25. The van der Waals surface area contributed by atoms with Crippen LogP contribution in [-0.2, 0) is 6.54 Å². The van der Waals surface area contributed by atoms with E-state index in [1.54, 1.807) is 6.20 Å². The number of nitrogens with one attached hydrogen (secondary N) is 1. The molecule has 0 radical (unpaired) electrons. The number of amides is 1. The highest BCUT2D eigenvalue weighted by Crippen LogP contribution is 2.04. The molecule has 0 aliphatic heterocycles. The van der Waals surface area contributed by atoms with Crippen LogP contribution in [0, 0.1) is 5.82 Å². The van der Waals surface area contributed by atoms with Gasteiger partial charge in [0.25, 0.3) is 5.91 Å². The number of hydrogen-bond donors (Lipinski definition) is 1. The second-order valence-corrected chi connectivity index (χ2v) is 4.98. The molecule has 0 aliphatic rings. The predicted molar refractivity (Wildman–Crippen MR) is 79.4 cm³/mol. The molecule has 0 bridgehead atoms. The molecule has 0 saturated heterocycles. The van der Waals surface area contributed by atoms with Gasteiger partial charge in [-0.3, -0.25) is 4.79 Å². The van der Waals surface area contributed by atoms with Gasteiger partial charge in [-0.05, 0) is 37.1 Å². The topological polar surface area (TPSA) is 46.9 Å². The second kappa shape index (κ2) is 8.19. The molecule has 0 aliphatic carbocycles. The van der Waals surface area contributed by atoms with Crippen LogP contribution in [0.2, 0.25) is 0 Å². The van der Waals surface area contributed by atoms with E-state index in [0.717, 1.165) is 32.2 Å². The number of unbranched alkanes of at least 4 members (excludes halogenated alkanes) is 3. The number of hydrogen-bond acceptors (Lipinski definition) is 2. The summed E-state index contributed by atoms with van der Waals surface area (Å²) in [7, 11) is 0. The van der Waals surface area contributed by atoms with Crippen LogP contribution in [-0.4, -0.2) is 22.0 Å². The van der Waals surface area contributed by atoms with Crippen LogP contribution in [0.15, 0.2) is 43.0 Å². The van der Waals surface area contributed by atoms with Gasteiger partial charge in [0.05, 0.1) is 6.33 Å². The van der Waals surface area contributed by atoms with Gasteiger partial charge in [0, 0.05) is 31.0 Å². The molecule has 5 heteroatoms. The standard InChI is InChI=1S/C16H20FN3O/c17-15-7-5-14(6-8-15)16(21)19-9-3-1-2-4-11-20-12-10-18-13-20/h5-8,10,12-13H,1-4,9,11H2,(H,19,21). The number of benzene rings is 1. The summed E-state index contributed by atoms with van der Waals surface area (Å²) in [5.41, 5.74) is 0.497. The van der Waals surface area contributed by atoms with Crippen LogP contribution < -0.4 is 5.32 Å². The predicted octanol–water partition coefficient (Wildman–Crippen LogP) is 3.01. The molecule has 1 amide bonds. The Balaban J connectivity index is 1.53. The number of carbonyl (C=O) groups is 1. The lowest BCUT2D eigenvalue weighted by atomic mass is 10.2. The largest absolute Gasteiger partial charge is 0.352 e. The fourth-order valence-corrected chi connectivity index (χ4v) is 2.10. The maximum absolute atomic E-state index is 12.7. The summed E-state index contributed by atoms with van der Waals surface area (Å²) in [6, 6.07) is 5.58. The molecule has 2 rings (SSSR count). The highest BCUT2D eigenvalue weighted by atomic mass is 19.1. The highest BCUT2D eigenvalue weighted by Gasteiger charge is 2.04. The van der Waals surface area contributed by atoms with Gasteiger partial charge in [-0.2, -0.15) is 0 Å². The molecule has 4 nitrogen and oxygen atoms in total. The van der Waals surface area contributed by atoms with Gasteiger partial charge in [0.1, 0.15) is 5.82 Å². The Kier molecular flexibility index (Phi) is 5.94. The molecule has 1 aromatic heterocycles. The first kappa shape index (κ1) is 15.2. The number of nitrogens with zero attached hydrogens (tertiary/aromatic N) is 2. The van der Waals surface area contributed by atoms with Gasteiger partial charge in [0.2, 0.25) is 0 Å². The number of imidazole rings is 1. The van der Waals surface area contributed by atoms with Gasteiger partial charge in [-0.25, -0.2) is 9.37 Å². The van der Waals surface area contributed by atoms with Crippen LogP contribution in [0.1, 0.15) is 36.0 Å². The molecule has 0 atom stereocenters. The maximum Gasteiger partial charge on any atom is 0.251 e. The average Bonchev–Trinajstić information content (AvgIpc) is 3.00. The molecule has 1 N–H and O–H groups in total. The van der Waals surface area contributed by atoms with Crippen molar-refractivity contribution in [1.29, 1.82) is 0 Å². The van der Waals surface area contributed by atoms with Crippen molar-refractivity contribution in [2.75, 3.05) is 6.54 Å². The van der Waals surface area contributed by atoms with E-state index in [4.69, 9.17) is 0 Å². The highest BCUT2D eigenvalue weighted by molar-refractivity contribution is 5.94. The smallest absolute Gasteiger partial charge is 0.251 e. The number of aromatic nitrogens is 2. The lowest BCUT2D eigenvalue weighted by Gasteiger charge is -2.05. The van der Waals surface area contributed by atoms with Gasteiger partial charge in [-0.1, -0.05) is 12.8 Å². The minimum absolute atomic E-state index is 0.145. The zero-order valence-electron chi connectivity index (χ0n) is 12.0. The van der Waals surface area contributed by atoms with Crippen molar-refractivity contribution in [2.24, 2.45) is 0 Å². The summed E-state index contributed by atoms with van der Waals surface area (Å²) >= 11 is 0. The number of halogens is 1. The van der Waals surface area contributed by atoms with Crippen LogP contribution in [0.25, 0.3) is 0 Å². The van der Waals surface area contributed by atoms with Crippen molar-refractivity contribution in [1.82, 2.24) is 14.9 Å². The molecule has 0 fully saturated rings. The van der Waals surface area contributed by atoms with Gasteiger partial charge in [-0.15, -0.1) is 0 Å². The van der Waals surface area contributed by atoms with E-state index in [-0.39, 0.29) is 11.7 Å². The maximum atomic E-state index is 12.7. The van der Waals surface area contributed by atoms with Crippen molar-refractivity contribution in [3.05, 3.63) is 54.4 Å². The fourth-order valence-electron chi connectivity index (χ4n) is 2.10. The van der Waals surface area contributed by atoms with E-state index in [9.17, 15) is 9.18 Å². The summed E-state index contributed by atoms with van der Waals surface area (Å²) in [6.07, 6.45) is 9.85. The molecule has 2 aromatic rings. The van der Waals surface area contributed by atoms with Gasteiger partial charge in [0.15, 0.2) is 0 Å². The van der Waals surface area contributed by atoms with E-state index in [1.807, 2.05) is 12.5 Å². The Bertz CT molecular complexity index is 537. The Morgan fingerprint density at radius 2 is 1.90 bits per heavy atom. The zero-order valence-corrected chi connectivity index (χ0v) is 12.0. The third kappa shape index (κ3) is 5.38.